The fraction of sp³-hybridized carbons (Fsp3) is 0.333. The number of benzene rings is 1. The normalized spacial score (nSPS) is 17.4. The Hall–Kier alpha value is -1.88. The molecule has 0 radical (unpaired) electrons. The van der Waals surface area contributed by atoms with Crippen molar-refractivity contribution in [2.45, 2.75) is 25.7 Å². The smallest absolute Gasteiger partial charge is 0.308 e. The second kappa shape index (κ2) is 5.25. The summed E-state index contributed by atoms with van der Waals surface area (Å²) in [5.41, 5.74) is 1.98. The van der Waals surface area contributed by atoms with Gasteiger partial charge in [0.25, 0.3) is 0 Å². The van der Waals surface area contributed by atoms with Crippen LogP contribution < -0.4 is 4.74 Å². The second-order valence-corrected chi connectivity index (χ2v) is 5.97. The zero-order chi connectivity index (χ0) is 14.1. The van der Waals surface area contributed by atoms with E-state index in [9.17, 15) is 4.79 Å². The number of carboxylic acids is 1. The summed E-state index contributed by atoms with van der Waals surface area (Å²) in [6.07, 6.45) is 0.935. The van der Waals surface area contributed by atoms with Crippen molar-refractivity contribution in [1.29, 1.82) is 0 Å². The van der Waals surface area contributed by atoms with Crippen LogP contribution in [0.3, 0.4) is 0 Å². The van der Waals surface area contributed by atoms with E-state index >= 15 is 0 Å². The first kappa shape index (κ1) is 13.1. The highest BCUT2D eigenvalue weighted by atomic mass is 32.1. The summed E-state index contributed by atoms with van der Waals surface area (Å²) in [5, 5.41) is 9.92. The molecule has 3 rings (SSSR count). The Morgan fingerprint density at radius 2 is 2.30 bits per heavy atom. The van der Waals surface area contributed by atoms with Crippen LogP contribution in [0.2, 0.25) is 0 Å². The summed E-state index contributed by atoms with van der Waals surface area (Å²) in [5.74, 6) is 0.318. The van der Waals surface area contributed by atoms with Crippen LogP contribution in [0.4, 0.5) is 0 Å². The van der Waals surface area contributed by atoms with Crippen LogP contribution in [0.15, 0.2) is 24.3 Å². The third-order valence-electron chi connectivity index (χ3n) is 3.48. The molecule has 0 fully saturated rings. The first-order valence-corrected chi connectivity index (χ1v) is 7.36. The zero-order valence-electron chi connectivity index (χ0n) is 11.1. The van der Waals surface area contributed by atoms with Gasteiger partial charge in [0.1, 0.15) is 10.8 Å². The molecule has 1 aromatic heterocycles. The highest BCUT2D eigenvalue weighted by Gasteiger charge is 2.26. The molecule has 0 amide bonds. The van der Waals surface area contributed by atoms with Crippen molar-refractivity contribution >= 4 is 17.3 Å². The first-order valence-electron chi connectivity index (χ1n) is 6.55. The average molecular weight is 289 g/mol. The average Bonchev–Trinajstić information content (AvgIpc) is 2.78. The molecule has 1 atom stereocenters. The van der Waals surface area contributed by atoms with E-state index in [4.69, 9.17) is 9.84 Å². The van der Waals surface area contributed by atoms with Crippen molar-refractivity contribution in [3.63, 3.8) is 0 Å². The highest BCUT2D eigenvalue weighted by molar-refractivity contribution is 7.12. The lowest BCUT2D eigenvalue weighted by Crippen LogP contribution is -2.14. The number of hydrogen-bond acceptors (Lipinski definition) is 4. The van der Waals surface area contributed by atoms with Gasteiger partial charge in [-0.05, 0) is 19.4 Å². The molecule has 2 heterocycles. The molecule has 0 bridgehead atoms. The lowest BCUT2D eigenvalue weighted by molar-refractivity contribution is -0.136. The number of carbonyl (C=O) groups is 1. The summed E-state index contributed by atoms with van der Waals surface area (Å²) in [7, 11) is 0. The summed E-state index contributed by atoms with van der Waals surface area (Å²) in [6.45, 7) is 2.55. The molecule has 1 N–H and O–H groups in total. The molecule has 0 saturated carbocycles. The first-order chi connectivity index (χ1) is 9.65. The summed E-state index contributed by atoms with van der Waals surface area (Å²) in [6, 6.07) is 8.00. The van der Waals surface area contributed by atoms with E-state index in [-0.39, 0.29) is 12.3 Å². The third-order valence-corrected chi connectivity index (χ3v) is 4.75. The minimum atomic E-state index is -0.810. The molecule has 1 aromatic carbocycles. The van der Waals surface area contributed by atoms with Gasteiger partial charge in [-0.25, -0.2) is 4.98 Å². The monoisotopic (exact) mass is 289 g/mol. The molecule has 4 nitrogen and oxygen atoms in total. The summed E-state index contributed by atoms with van der Waals surface area (Å²) in [4.78, 5) is 16.3. The molecule has 0 spiro atoms. The molecule has 20 heavy (non-hydrogen) atoms. The van der Waals surface area contributed by atoms with E-state index in [0.717, 1.165) is 33.3 Å². The van der Waals surface area contributed by atoms with Gasteiger partial charge in [-0.3, -0.25) is 4.79 Å². The minimum Gasteiger partial charge on any atom is -0.493 e. The number of nitrogens with zero attached hydrogens (tertiary/aromatic N) is 1. The molecule has 2 aromatic rings. The zero-order valence-corrected chi connectivity index (χ0v) is 11.9. The molecule has 1 aliphatic rings. The van der Waals surface area contributed by atoms with Gasteiger partial charge in [-0.1, -0.05) is 18.2 Å². The van der Waals surface area contributed by atoms with Crippen molar-refractivity contribution < 1.29 is 14.6 Å². The van der Waals surface area contributed by atoms with Gasteiger partial charge in [0.15, 0.2) is 0 Å². The van der Waals surface area contributed by atoms with Crippen molar-refractivity contribution in [2.24, 2.45) is 0 Å². The maximum absolute atomic E-state index is 10.9. The number of ether oxygens (including phenoxy) is 1. The molecular weight excluding hydrogens is 274 g/mol. The quantitative estimate of drug-likeness (QED) is 0.943. The summed E-state index contributed by atoms with van der Waals surface area (Å²) >= 11 is 1.51. The number of aliphatic carboxylic acids is 1. The van der Waals surface area contributed by atoms with Crippen molar-refractivity contribution in [3.8, 4) is 5.75 Å². The number of aromatic nitrogens is 1. The number of hydrogen-bond donors (Lipinski definition) is 1. The standard InChI is InChI=1S/C15H15NO3S/c1-9-13(8-14(17)18)20-15(16-9)11-6-7-19-12-5-3-2-4-10(11)12/h2-5,11H,6-8H2,1H3,(H,17,18). The van der Waals surface area contributed by atoms with Crippen molar-refractivity contribution in [2.75, 3.05) is 6.61 Å². The van der Waals surface area contributed by atoms with Crippen LogP contribution in [0, 0.1) is 6.92 Å². The van der Waals surface area contributed by atoms with E-state index in [0.29, 0.717) is 6.61 Å². The Bertz CT molecular complexity index is 650. The summed E-state index contributed by atoms with van der Waals surface area (Å²) < 4.78 is 5.66. The number of rotatable bonds is 3. The second-order valence-electron chi connectivity index (χ2n) is 4.86. The van der Waals surface area contributed by atoms with Gasteiger partial charge < -0.3 is 9.84 Å². The molecular formula is C15H15NO3S. The van der Waals surface area contributed by atoms with Crippen LogP contribution in [0.25, 0.3) is 0 Å². The Morgan fingerprint density at radius 3 is 3.10 bits per heavy atom. The predicted molar refractivity (Wildman–Crippen MR) is 76.6 cm³/mol. The number of para-hydroxylation sites is 1. The Labute approximate surface area is 121 Å². The Balaban J connectivity index is 1.96. The lowest BCUT2D eigenvalue weighted by atomic mass is 9.94. The number of aryl methyl sites for hydroxylation is 1. The highest BCUT2D eigenvalue weighted by Crippen LogP contribution is 2.40. The number of thiazole rings is 1. The van der Waals surface area contributed by atoms with Gasteiger partial charge in [-0.2, -0.15) is 0 Å². The van der Waals surface area contributed by atoms with Gasteiger partial charge in [0.2, 0.25) is 0 Å². The fourth-order valence-corrected chi connectivity index (χ4v) is 3.71. The minimum absolute atomic E-state index is 0.0500. The van der Waals surface area contributed by atoms with Crippen LogP contribution in [0.5, 0.6) is 5.75 Å². The van der Waals surface area contributed by atoms with E-state index in [1.54, 1.807) is 0 Å². The largest absolute Gasteiger partial charge is 0.493 e. The van der Waals surface area contributed by atoms with Crippen molar-refractivity contribution in [3.05, 3.63) is 45.4 Å². The van der Waals surface area contributed by atoms with Gasteiger partial charge >= 0.3 is 5.97 Å². The number of fused-ring (bicyclic) bond motifs is 1. The lowest BCUT2D eigenvalue weighted by Gasteiger charge is -2.24. The van der Waals surface area contributed by atoms with E-state index in [2.05, 4.69) is 11.1 Å². The van der Waals surface area contributed by atoms with Crippen molar-refractivity contribution in [1.82, 2.24) is 4.98 Å². The molecule has 104 valence electrons. The van der Waals surface area contributed by atoms with Crippen LogP contribution in [0.1, 0.15) is 33.5 Å². The fourth-order valence-electron chi connectivity index (χ4n) is 2.50. The molecule has 1 unspecified atom stereocenters. The Kier molecular flexibility index (Phi) is 3.44. The van der Waals surface area contributed by atoms with Crippen LogP contribution >= 0.6 is 11.3 Å². The molecule has 5 heteroatoms. The van der Waals surface area contributed by atoms with E-state index < -0.39 is 5.97 Å². The van der Waals surface area contributed by atoms with E-state index in [1.165, 1.54) is 11.3 Å². The molecule has 0 saturated heterocycles. The van der Waals surface area contributed by atoms with Crippen LogP contribution in [-0.4, -0.2) is 22.7 Å². The van der Waals surface area contributed by atoms with E-state index in [1.807, 2.05) is 25.1 Å². The molecule has 0 aliphatic carbocycles. The third kappa shape index (κ3) is 2.41. The predicted octanol–water partition coefficient (Wildman–Crippen LogP) is 2.99. The Morgan fingerprint density at radius 1 is 1.50 bits per heavy atom. The van der Waals surface area contributed by atoms with Gasteiger partial charge in [-0.15, -0.1) is 11.3 Å². The molecule has 1 aliphatic heterocycles. The maximum atomic E-state index is 10.9. The van der Waals surface area contributed by atoms with Crippen LogP contribution in [-0.2, 0) is 11.2 Å². The van der Waals surface area contributed by atoms with Gasteiger partial charge in [0.05, 0.1) is 18.7 Å². The topological polar surface area (TPSA) is 59.4 Å². The maximum Gasteiger partial charge on any atom is 0.308 e. The SMILES string of the molecule is Cc1nc(C2CCOc3ccccc32)sc1CC(=O)O. The van der Waals surface area contributed by atoms with Gasteiger partial charge in [0, 0.05) is 16.4 Å². The number of carboxylic acid groups (broad SMARTS) is 1.